The van der Waals surface area contributed by atoms with Crippen molar-refractivity contribution in [1.29, 1.82) is 0 Å². The molecule has 0 aliphatic rings. The van der Waals surface area contributed by atoms with Gasteiger partial charge in [0.05, 0.1) is 17.2 Å². The molecule has 8 nitrogen and oxygen atoms in total. The van der Waals surface area contributed by atoms with Crippen molar-refractivity contribution in [3.63, 3.8) is 0 Å². The van der Waals surface area contributed by atoms with E-state index in [1.54, 1.807) is 31.2 Å². The number of sulfonamides is 1. The van der Waals surface area contributed by atoms with Gasteiger partial charge in [0.1, 0.15) is 24.2 Å². The van der Waals surface area contributed by atoms with Crippen molar-refractivity contribution in [2.45, 2.75) is 57.5 Å². The topological polar surface area (TPSA) is 96.0 Å². The summed E-state index contributed by atoms with van der Waals surface area (Å²) in [5.41, 5.74) is 0.701. The highest BCUT2D eigenvalue weighted by molar-refractivity contribution is 7.92. The minimum absolute atomic E-state index is 0.0153. The maximum atomic E-state index is 14.1. The summed E-state index contributed by atoms with van der Waals surface area (Å²) < 4.78 is 48.0. The average molecular weight is 618 g/mol. The highest BCUT2D eigenvalue weighted by atomic mass is 35.5. The van der Waals surface area contributed by atoms with Gasteiger partial charge < -0.3 is 15.0 Å². The highest BCUT2D eigenvalue weighted by Gasteiger charge is 2.34. The Morgan fingerprint density at radius 1 is 0.976 bits per heavy atom. The van der Waals surface area contributed by atoms with Crippen LogP contribution < -0.4 is 14.4 Å². The fourth-order valence-electron chi connectivity index (χ4n) is 4.37. The van der Waals surface area contributed by atoms with Crippen LogP contribution in [0.2, 0.25) is 5.02 Å². The third-order valence-electron chi connectivity index (χ3n) is 6.63. The van der Waals surface area contributed by atoms with E-state index in [9.17, 15) is 22.4 Å². The van der Waals surface area contributed by atoms with Gasteiger partial charge in [-0.15, -0.1) is 0 Å². The Kier molecular flexibility index (Phi) is 12.2. The van der Waals surface area contributed by atoms with Crippen LogP contribution in [0.15, 0.2) is 77.7 Å². The van der Waals surface area contributed by atoms with Crippen molar-refractivity contribution in [2.75, 3.05) is 24.0 Å². The molecule has 0 aliphatic carbocycles. The number of unbranched alkanes of at least 4 members (excludes halogenated alkanes) is 1. The third-order valence-corrected chi connectivity index (χ3v) is 8.79. The lowest BCUT2D eigenvalue weighted by Gasteiger charge is -2.33. The average Bonchev–Trinajstić information content (AvgIpc) is 2.97. The van der Waals surface area contributed by atoms with Gasteiger partial charge in [0.15, 0.2) is 0 Å². The molecule has 0 saturated heterocycles. The van der Waals surface area contributed by atoms with E-state index in [4.69, 9.17) is 16.3 Å². The summed E-state index contributed by atoms with van der Waals surface area (Å²) in [6, 6.07) is 16.7. The van der Waals surface area contributed by atoms with Crippen LogP contribution in [0, 0.1) is 5.82 Å². The number of nitrogens with one attached hydrogen (secondary N) is 1. The molecular weight excluding hydrogens is 581 g/mol. The van der Waals surface area contributed by atoms with Crippen LogP contribution in [0.1, 0.15) is 45.6 Å². The van der Waals surface area contributed by atoms with Crippen molar-refractivity contribution < 1.29 is 27.1 Å². The summed E-state index contributed by atoms with van der Waals surface area (Å²) in [5.74, 6) is -1.02. The van der Waals surface area contributed by atoms with E-state index in [1.807, 2.05) is 13.8 Å². The highest BCUT2D eigenvalue weighted by Crippen LogP contribution is 2.27. The van der Waals surface area contributed by atoms with Gasteiger partial charge in [0, 0.05) is 18.1 Å². The maximum Gasteiger partial charge on any atom is 0.264 e. The molecule has 0 saturated carbocycles. The number of amides is 2. The molecule has 0 aliphatic heterocycles. The summed E-state index contributed by atoms with van der Waals surface area (Å²) in [4.78, 5) is 28.6. The first-order chi connectivity index (χ1) is 20.1. The van der Waals surface area contributed by atoms with E-state index in [2.05, 4.69) is 5.32 Å². The number of anilines is 1. The zero-order chi connectivity index (χ0) is 30.7. The third kappa shape index (κ3) is 8.45. The molecule has 0 unspecified atom stereocenters. The molecule has 0 bridgehead atoms. The van der Waals surface area contributed by atoms with Crippen LogP contribution in [0.4, 0.5) is 10.1 Å². The first-order valence-corrected chi connectivity index (χ1v) is 15.8. The van der Waals surface area contributed by atoms with E-state index in [0.29, 0.717) is 29.5 Å². The van der Waals surface area contributed by atoms with Crippen LogP contribution in [-0.4, -0.2) is 50.9 Å². The maximum absolute atomic E-state index is 14.1. The predicted octanol–water partition coefficient (Wildman–Crippen LogP) is 5.80. The second-order valence-electron chi connectivity index (χ2n) is 9.57. The smallest absolute Gasteiger partial charge is 0.264 e. The quantitative estimate of drug-likeness (QED) is 0.218. The molecule has 0 fully saturated rings. The van der Waals surface area contributed by atoms with Crippen molar-refractivity contribution in [2.24, 2.45) is 0 Å². The van der Waals surface area contributed by atoms with Crippen molar-refractivity contribution in [3.8, 4) is 5.75 Å². The summed E-state index contributed by atoms with van der Waals surface area (Å²) in [6.07, 6.45) is 1.95. The SMILES string of the molecule is CCCCNC(=O)[C@@H](CC)N(Cc1ccccc1Cl)C(=O)CN(c1ccc(F)cc1)S(=O)(=O)c1ccc(OCC)cc1. The molecule has 3 aromatic carbocycles. The van der Waals surface area contributed by atoms with Crippen molar-refractivity contribution in [3.05, 3.63) is 89.2 Å². The Balaban J connectivity index is 2.03. The van der Waals surface area contributed by atoms with Gasteiger partial charge in [-0.2, -0.15) is 0 Å². The molecule has 0 aromatic heterocycles. The minimum Gasteiger partial charge on any atom is -0.494 e. The molecular formula is C31H37ClFN3O5S. The Morgan fingerprint density at radius 3 is 2.24 bits per heavy atom. The predicted molar refractivity (Wildman–Crippen MR) is 163 cm³/mol. The number of rotatable bonds is 15. The van der Waals surface area contributed by atoms with E-state index < -0.39 is 34.3 Å². The van der Waals surface area contributed by atoms with Gasteiger partial charge in [-0.05, 0) is 79.9 Å². The Labute approximate surface area is 252 Å². The van der Waals surface area contributed by atoms with Crippen LogP contribution in [0.25, 0.3) is 0 Å². The number of nitrogens with zero attached hydrogens (tertiary/aromatic N) is 2. The summed E-state index contributed by atoms with van der Waals surface area (Å²) in [7, 11) is -4.30. The normalized spacial score (nSPS) is 11.9. The Hall–Kier alpha value is -3.63. The number of halogens is 2. The molecule has 0 heterocycles. The standard InChI is InChI=1S/C31H37ClFN3O5S/c1-4-7-20-34-31(38)29(5-2)35(21-23-10-8-9-11-28(23)32)30(37)22-36(25-14-12-24(33)13-15-25)42(39,40)27-18-16-26(17-19-27)41-6-3/h8-19,29H,4-7,20-22H2,1-3H3,(H,34,38)/t29-/m1/s1. The van der Waals surface area contributed by atoms with E-state index >= 15 is 0 Å². The molecule has 0 radical (unpaired) electrons. The lowest BCUT2D eigenvalue weighted by molar-refractivity contribution is -0.140. The van der Waals surface area contributed by atoms with Gasteiger partial charge in [-0.25, -0.2) is 12.8 Å². The van der Waals surface area contributed by atoms with Gasteiger partial charge >= 0.3 is 0 Å². The van der Waals surface area contributed by atoms with Gasteiger partial charge in [-0.1, -0.05) is 50.1 Å². The van der Waals surface area contributed by atoms with Gasteiger partial charge in [0.2, 0.25) is 11.8 Å². The zero-order valence-corrected chi connectivity index (χ0v) is 25.6. The summed E-state index contributed by atoms with van der Waals surface area (Å²) in [5, 5.41) is 3.29. The lowest BCUT2D eigenvalue weighted by Crippen LogP contribution is -2.52. The van der Waals surface area contributed by atoms with Crippen molar-refractivity contribution >= 4 is 39.1 Å². The lowest BCUT2D eigenvalue weighted by atomic mass is 10.1. The molecule has 3 aromatic rings. The Bertz CT molecular complexity index is 1440. The second-order valence-corrected chi connectivity index (χ2v) is 11.8. The molecule has 1 atom stereocenters. The molecule has 42 heavy (non-hydrogen) atoms. The largest absolute Gasteiger partial charge is 0.494 e. The number of hydrogen-bond acceptors (Lipinski definition) is 5. The monoisotopic (exact) mass is 617 g/mol. The van der Waals surface area contributed by atoms with Gasteiger partial charge in [0.25, 0.3) is 10.0 Å². The fourth-order valence-corrected chi connectivity index (χ4v) is 5.98. The van der Waals surface area contributed by atoms with Crippen LogP contribution in [0.3, 0.4) is 0 Å². The molecule has 1 N–H and O–H groups in total. The number of carbonyl (C=O) groups is 2. The second kappa shape index (κ2) is 15.6. The van der Waals surface area contributed by atoms with E-state index in [0.717, 1.165) is 29.3 Å². The number of carbonyl (C=O) groups excluding carboxylic acids is 2. The number of ether oxygens (including phenoxy) is 1. The van der Waals surface area contributed by atoms with Crippen LogP contribution >= 0.6 is 11.6 Å². The van der Waals surface area contributed by atoms with Crippen molar-refractivity contribution in [1.82, 2.24) is 10.2 Å². The van der Waals surface area contributed by atoms with E-state index in [1.165, 1.54) is 41.3 Å². The van der Waals surface area contributed by atoms with E-state index in [-0.39, 0.29) is 29.5 Å². The molecule has 2 amide bonds. The van der Waals surface area contributed by atoms with Gasteiger partial charge in [-0.3, -0.25) is 13.9 Å². The van der Waals surface area contributed by atoms with Crippen LogP contribution in [0.5, 0.6) is 5.75 Å². The first-order valence-electron chi connectivity index (χ1n) is 13.9. The number of benzene rings is 3. The first kappa shape index (κ1) is 32.9. The Morgan fingerprint density at radius 2 is 1.64 bits per heavy atom. The zero-order valence-electron chi connectivity index (χ0n) is 24.1. The molecule has 226 valence electrons. The molecule has 0 spiro atoms. The number of hydrogen-bond donors (Lipinski definition) is 1. The summed E-state index contributed by atoms with van der Waals surface area (Å²) in [6.45, 7) is 5.82. The summed E-state index contributed by atoms with van der Waals surface area (Å²) >= 11 is 6.42. The molecule has 3 rings (SSSR count). The fraction of sp³-hybridized carbons (Fsp3) is 0.355. The van der Waals surface area contributed by atoms with Crippen LogP contribution in [-0.2, 0) is 26.2 Å². The molecule has 11 heteroatoms. The minimum atomic E-state index is -4.30.